The molecular formula is C11H15ClFN3. The molecule has 1 aliphatic carbocycles. The van der Waals surface area contributed by atoms with Gasteiger partial charge in [0.15, 0.2) is 0 Å². The highest BCUT2D eigenvalue weighted by Crippen LogP contribution is 2.27. The Labute approximate surface area is 99.6 Å². The summed E-state index contributed by atoms with van der Waals surface area (Å²) in [6.45, 7) is 0. The fraction of sp³-hybridized carbons (Fsp3) is 0.636. The van der Waals surface area contributed by atoms with Crippen LogP contribution in [-0.4, -0.2) is 29.2 Å². The maximum Gasteiger partial charge on any atom is 0.224 e. The molecule has 0 spiro atoms. The van der Waals surface area contributed by atoms with E-state index in [1.165, 1.54) is 0 Å². The van der Waals surface area contributed by atoms with Gasteiger partial charge in [0, 0.05) is 13.2 Å². The van der Waals surface area contributed by atoms with Gasteiger partial charge in [-0.1, -0.05) is 12.8 Å². The Morgan fingerprint density at radius 1 is 1.44 bits per heavy atom. The van der Waals surface area contributed by atoms with Gasteiger partial charge in [0.25, 0.3) is 0 Å². The first-order chi connectivity index (χ1) is 7.68. The Morgan fingerprint density at radius 2 is 2.19 bits per heavy atom. The summed E-state index contributed by atoms with van der Waals surface area (Å²) in [5.41, 5.74) is 0. The van der Waals surface area contributed by atoms with Gasteiger partial charge in [0.05, 0.1) is 6.04 Å². The van der Waals surface area contributed by atoms with Gasteiger partial charge in [-0.3, -0.25) is 0 Å². The van der Waals surface area contributed by atoms with Crippen molar-refractivity contribution >= 4 is 17.4 Å². The number of nitrogens with zero attached hydrogens (tertiary/aromatic N) is 3. The van der Waals surface area contributed by atoms with Crippen LogP contribution in [0.5, 0.6) is 0 Å². The van der Waals surface area contributed by atoms with E-state index in [0.717, 1.165) is 19.3 Å². The summed E-state index contributed by atoms with van der Waals surface area (Å²) in [6, 6.07) is 1.67. The van der Waals surface area contributed by atoms with Crippen molar-refractivity contribution in [2.75, 3.05) is 11.9 Å². The third kappa shape index (κ3) is 2.43. The minimum absolute atomic E-state index is 0.0836. The van der Waals surface area contributed by atoms with Gasteiger partial charge in [0.1, 0.15) is 12.0 Å². The van der Waals surface area contributed by atoms with Crippen molar-refractivity contribution in [3.05, 3.63) is 17.5 Å². The molecular weight excluding hydrogens is 229 g/mol. The summed E-state index contributed by atoms with van der Waals surface area (Å²) in [7, 11) is 1.86. The lowest BCUT2D eigenvalue weighted by molar-refractivity contribution is 0.213. The van der Waals surface area contributed by atoms with E-state index < -0.39 is 6.17 Å². The average Bonchev–Trinajstić information content (AvgIpc) is 2.29. The van der Waals surface area contributed by atoms with E-state index in [4.69, 9.17) is 11.6 Å². The number of halogens is 2. The standard InChI is InChI=1S/C11H15ClFN3/c1-16(9-5-3-2-4-8(9)13)10-6-7-14-11(12)15-10/h6-9H,2-5H2,1H3/t8-,9-/m1/s1. The fourth-order valence-corrected chi connectivity index (χ4v) is 2.34. The van der Waals surface area contributed by atoms with Gasteiger partial charge in [-0.2, -0.15) is 0 Å². The van der Waals surface area contributed by atoms with Gasteiger partial charge in [-0.25, -0.2) is 14.4 Å². The second-order valence-electron chi connectivity index (χ2n) is 4.16. The van der Waals surface area contributed by atoms with Crippen LogP contribution in [0.4, 0.5) is 10.2 Å². The monoisotopic (exact) mass is 243 g/mol. The molecule has 1 fully saturated rings. The molecule has 1 aromatic rings. The smallest absolute Gasteiger partial charge is 0.224 e. The van der Waals surface area contributed by atoms with Crippen molar-refractivity contribution in [1.29, 1.82) is 0 Å². The number of anilines is 1. The van der Waals surface area contributed by atoms with E-state index in [1.54, 1.807) is 12.3 Å². The number of alkyl halides is 1. The van der Waals surface area contributed by atoms with Gasteiger partial charge in [-0.15, -0.1) is 0 Å². The number of aromatic nitrogens is 2. The normalized spacial score (nSPS) is 25.4. The molecule has 2 rings (SSSR count). The van der Waals surface area contributed by atoms with Crippen LogP contribution in [0.15, 0.2) is 12.3 Å². The molecule has 0 N–H and O–H groups in total. The molecule has 16 heavy (non-hydrogen) atoms. The molecule has 1 saturated carbocycles. The van der Waals surface area contributed by atoms with E-state index >= 15 is 0 Å². The molecule has 0 saturated heterocycles. The number of rotatable bonds is 2. The molecule has 0 amide bonds. The lowest BCUT2D eigenvalue weighted by Gasteiger charge is -2.34. The topological polar surface area (TPSA) is 29.0 Å². The van der Waals surface area contributed by atoms with Crippen molar-refractivity contribution in [2.24, 2.45) is 0 Å². The Bertz CT molecular complexity index is 361. The van der Waals surface area contributed by atoms with Crippen LogP contribution in [0.2, 0.25) is 5.28 Å². The second-order valence-corrected chi connectivity index (χ2v) is 4.50. The first kappa shape index (κ1) is 11.6. The van der Waals surface area contributed by atoms with E-state index in [0.29, 0.717) is 12.2 Å². The molecule has 3 nitrogen and oxygen atoms in total. The largest absolute Gasteiger partial charge is 0.354 e. The highest BCUT2D eigenvalue weighted by molar-refractivity contribution is 6.28. The van der Waals surface area contributed by atoms with Crippen molar-refractivity contribution in [3.63, 3.8) is 0 Å². The van der Waals surface area contributed by atoms with Crippen LogP contribution in [-0.2, 0) is 0 Å². The Morgan fingerprint density at radius 3 is 2.88 bits per heavy atom. The van der Waals surface area contributed by atoms with Crippen LogP contribution in [0.1, 0.15) is 25.7 Å². The van der Waals surface area contributed by atoms with Crippen LogP contribution >= 0.6 is 11.6 Å². The number of hydrogen-bond acceptors (Lipinski definition) is 3. The molecule has 2 atom stereocenters. The van der Waals surface area contributed by atoms with Crippen molar-refractivity contribution in [2.45, 2.75) is 37.9 Å². The summed E-state index contributed by atoms with van der Waals surface area (Å²) in [6.07, 6.45) is 4.40. The maximum atomic E-state index is 13.8. The fourth-order valence-electron chi connectivity index (χ4n) is 2.19. The molecule has 0 bridgehead atoms. The zero-order valence-electron chi connectivity index (χ0n) is 9.24. The van der Waals surface area contributed by atoms with Crippen LogP contribution < -0.4 is 4.90 Å². The zero-order valence-corrected chi connectivity index (χ0v) is 9.99. The molecule has 1 heterocycles. The van der Waals surface area contributed by atoms with Crippen molar-refractivity contribution < 1.29 is 4.39 Å². The molecule has 5 heteroatoms. The van der Waals surface area contributed by atoms with Gasteiger partial charge in [-0.05, 0) is 30.5 Å². The lowest BCUT2D eigenvalue weighted by atomic mass is 9.92. The zero-order chi connectivity index (χ0) is 11.5. The third-order valence-electron chi connectivity index (χ3n) is 3.12. The highest BCUT2D eigenvalue weighted by Gasteiger charge is 2.28. The second kappa shape index (κ2) is 4.95. The Kier molecular flexibility index (Phi) is 3.59. The molecule has 88 valence electrons. The predicted molar refractivity (Wildman–Crippen MR) is 62.6 cm³/mol. The first-order valence-electron chi connectivity index (χ1n) is 5.54. The lowest BCUT2D eigenvalue weighted by Crippen LogP contribution is -2.41. The summed E-state index contributed by atoms with van der Waals surface area (Å²) in [5.74, 6) is 0.689. The van der Waals surface area contributed by atoms with Gasteiger partial charge < -0.3 is 4.90 Å². The predicted octanol–water partition coefficient (Wildman–Crippen LogP) is 2.85. The minimum atomic E-state index is -0.771. The van der Waals surface area contributed by atoms with E-state index in [1.807, 2.05) is 11.9 Å². The Hall–Kier alpha value is -0.900. The molecule has 0 aromatic carbocycles. The highest BCUT2D eigenvalue weighted by atomic mass is 35.5. The minimum Gasteiger partial charge on any atom is -0.354 e. The summed E-state index contributed by atoms with van der Waals surface area (Å²) < 4.78 is 13.8. The van der Waals surface area contributed by atoms with Crippen molar-refractivity contribution in [3.8, 4) is 0 Å². The summed E-state index contributed by atoms with van der Waals surface area (Å²) in [4.78, 5) is 9.79. The van der Waals surface area contributed by atoms with Crippen LogP contribution in [0.3, 0.4) is 0 Å². The van der Waals surface area contributed by atoms with E-state index in [2.05, 4.69) is 9.97 Å². The molecule has 0 unspecified atom stereocenters. The number of hydrogen-bond donors (Lipinski definition) is 0. The molecule has 0 radical (unpaired) electrons. The Balaban J connectivity index is 2.14. The average molecular weight is 244 g/mol. The van der Waals surface area contributed by atoms with E-state index in [9.17, 15) is 4.39 Å². The van der Waals surface area contributed by atoms with Crippen LogP contribution in [0, 0.1) is 0 Å². The van der Waals surface area contributed by atoms with Gasteiger partial charge >= 0.3 is 0 Å². The quantitative estimate of drug-likeness (QED) is 0.748. The summed E-state index contributed by atoms with van der Waals surface area (Å²) in [5, 5.41) is 0.204. The first-order valence-corrected chi connectivity index (χ1v) is 5.92. The molecule has 0 aliphatic heterocycles. The maximum absolute atomic E-state index is 13.8. The molecule has 1 aromatic heterocycles. The van der Waals surface area contributed by atoms with Crippen molar-refractivity contribution in [1.82, 2.24) is 9.97 Å². The van der Waals surface area contributed by atoms with E-state index in [-0.39, 0.29) is 11.3 Å². The summed E-state index contributed by atoms with van der Waals surface area (Å²) >= 11 is 5.72. The van der Waals surface area contributed by atoms with Gasteiger partial charge in [0.2, 0.25) is 5.28 Å². The van der Waals surface area contributed by atoms with Crippen LogP contribution in [0.25, 0.3) is 0 Å². The molecule has 1 aliphatic rings. The third-order valence-corrected chi connectivity index (χ3v) is 3.30. The SMILES string of the molecule is CN(c1ccnc(Cl)n1)[C@@H]1CCCC[C@H]1F.